The van der Waals surface area contributed by atoms with Crippen LogP contribution < -0.4 is 5.32 Å². The van der Waals surface area contributed by atoms with Gasteiger partial charge in [0.15, 0.2) is 0 Å². The van der Waals surface area contributed by atoms with Crippen molar-refractivity contribution >= 4 is 11.3 Å². The average molecular weight is 279 g/mol. The molecule has 5 heteroatoms. The molecule has 2 rings (SSSR count). The molecule has 0 aromatic carbocycles. The third-order valence-electron chi connectivity index (χ3n) is 3.80. The molecule has 2 aromatic heterocycles. The molecule has 19 heavy (non-hydrogen) atoms. The molecule has 0 saturated heterocycles. The Labute approximate surface area is 117 Å². The van der Waals surface area contributed by atoms with E-state index >= 15 is 0 Å². The van der Waals surface area contributed by atoms with Crippen molar-refractivity contribution in [3.05, 3.63) is 29.3 Å². The van der Waals surface area contributed by atoms with Gasteiger partial charge >= 0.3 is 0 Å². The normalized spacial score (nSPS) is 11.9. The van der Waals surface area contributed by atoms with Crippen LogP contribution in [0.15, 0.2) is 23.7 Å². The summed E-state index contributed by atoms with van der Waals surface area (Å²) in [5.74, 6) is 0. The molecule has 4 nitrogen and oxygen atoms in total. The van der Waals surface area contributed by atoms with E-state index in [-0.39, 0.29) is 12.1 Å². The van der Waals surface area contributed by atoms with E-state index in [1.807, 2.05) is 12.3 Å². The molecule has 0 fully saturated rings. The fourth-order valence-electron chi connectivity index (χ4n) is 2.14. The lowest BCUT2D eigenvalue weighted by atomic mass is 9.93. The zero-order chi connectivity index (χ0) is 13.7. The molecule has 0 aliphatic carbocycles. The first kappa shape index (κ1) is 14.2. The Hall–Kier alpha value is -1.17. The predicted octanol–water partition coefficient (Wildman–Crippen LogP) is 2.78. The number of H-pyrrole nitrogens is 1. The number of hydrogen-bond acceptors (Lipinski definition) is 4. The van der Waals surface area contributed by atoms with Gasteiger partial charge in [-0.2, -0.15) is 5.10 Å². The highest BCUT2D eigenvalue weighted by Crippen LogP contribution is 2.26. The van der Waals surface area contributed by atoms with Crippen molar-refractivity contribution in [2.75, 3.05) is 6.61 Å². The zero-order valence-electron chi connectivity index (χ0n) is 11.4. The smallest absolute Gasteiger partial charge is 0.0794 e. The van der Waals surface area contributed by atoms with E-state index in [1.54, 1.807) is 11.3 Å². The van der Waals surface area contributed by atoms with Crippen molar-refractivity contribution in [2.24, 2.45) is 0 Å². The highest BCUT2D eigenvalue weighted by Gasteiger charge is 2.24. The summed E-state index contributed by atoms with van der Waals surface area (Å²) in [4.78, 5) is 1.19. The number of aromatic nitrogens is 2. The lowest BCUT2D eigenvalue weighted by Gasteiger charge is -2.30. The van der Waals surface area contributed by atoms with Crippen molar-refractivity contribution in [1.29, 1.82) is 0 Å². The number of nitrogens with one attached hydrogen (secondary N) is 2. The summed E-state index contributed by atoms with van der Waals surface area (Å²) in [5, 5.41) is 22.3. The van der Waals surface area contributed by atoms with Crippen LogP contribution in [0.25, 0.3) is 10.6 Å². The monoisotopic (exact) mass is 279 g/mol. The number of nitrogens with zero attached hydrogens (tertiary/aromatic N) is 1. The third kappa shape index (κ3) is 3.05. The SMILES string of the molecule is CCC(CC)(CO)NCc1cn[nH]c1-c1cccs1. The molecule has 0 bridgehead atoms. The quantitative estimate of drug-likeness (QED) is 0.730. The van der Waals surface area contributed by atoms with Gasteiger partial charge in [-0.15, -0.1) is 11.3 Å². The van der Waals surface area contributed by atoms with Crippen LogP contribution >= 0.6 is 11.3 Å². The molecule has 3 N–H and O–H groups in total. The second kappa shape index (κ2) is 6.32. The minimum atomic E-state index is -0.190. The molecule has 0 unspecified atom stereocenters. The van der Waals surface area contributed by atoms with Crippen LogP contribution in [0.2, 0.25) is 0 Å². The zero-order valence-corrected chi connectivity index (χ0v) is 12.3. The Morgan fingerprint density at radius 3 is 2.79 bits per heavy atom. The summed E-state index contributed by atoms with van der Waals surface area (Å²) in [7, 11) is 0. The van der Waals surface area contributed by atoms with Gasteiger partial charge in [0.1, 0.15) is 0 Å². The molecule has 0 amide bonds. The third-order valence-corrected chi connectivity index (χ3v) is 4.68. The van der Waals surface area contributed by atoms with Crippen LogP contribution in [0, 0.1) is 0 Å². The van der Waals surface area contributed by atoms with Crippen molar-refractivity contribution in [3.63, 3.8) is 0 Å². The topological polar surface area (TPSA) is 60.9 Å². The minimum Gasteiger partial charge on any atom is -0.394 e. The lowest BCUT2D eigenvalue weighted by Crippen LogP contribution is -2.47. The van der Waals surface area contributed by atoms with Crippen LogP contribution in [0.5, 0.6) is 0 Å². The van der Waals surface area contributed by atoms with Crippen LogP contribution in [0.3, 0.4) is 0 Å². The average Bonchev–Trinajstić information content (AvgIpc) is 3.11. The second-order valence-corrected chi connectivity index (χ2v) is 5.69. The minimum absolute atomic E-state index is 0.159. The van der Waals surface area contributed by atoms with Crippen LogP contribution in [0.1, 0.15) is 32.3 Å². The molecule has 0 spiro atoms. The Morgan fingerprint density at radius 1 is 1.42 bits per heavy atom. The van der Waals surface area contributed by atoms with E-state index in [2.05, 4.69) is 40.8 Å². The van der Waals surface area contributed by atoms with Crippen molar-refractivity contribution in [2.45, 2.75) is 38.8 Å². The summed E-state index contributed by atoms with van der Waals surface area (Å²) in [6, 6.07) is 4.12. The molecule has 0 aliphatic rings. The first-order chi connectivity index (χ1) is 9.24. The van der Waals surface area contributed by atoms with Crippen LogP contribution in [-0.4, -0.2) is 27.4 Å². The maximum Gasteiger partial charge on any atom is 0.0794 e. The van der Waals surface area contributed by atoms with E-state index in [0.29, 0.717) is 6.54 Å². The maximum atomic E-state index is 9.57. The molecular formula is C14H21N3OS. The van der Waals surface area contributed by atoms with Crippen molar-refractivity contribution < 1.29 is 5.11 Å². The molecule has 0 aliphatic heterocycles. The summed E-state index contributed by atoms with van der Waals surface area (Å²) in [6.07, 6.45) is 3.67. The van der Waals surface area contributed by atoms with Gasteiger partial charge in [-0.05, 0) is 24.3 Å². The number of rotatable bonds is 7. The second-order valence-electron chi connectivity index (χ2n) is 4.75. The number of hydrogen-bond donors (Lipinski definition) is 3. The summed E-state index contributed by atoms with van der Waals surface area (Å²) in [6.45, 7) is 5.07. The summed E-state index contributed by atoms with van der Waals surface area (Å²) in [5.41, 5.74) is 2.02. The molecule has 2 heterocycles. The molecule has 0 atom stereocenters. The largest absolute Gasteiger partial charge is 0.394 e. The molecule has 2 aromatic rings. The van der Waals surface area contributed by atoms with Crippen LogP contribution in [-0.2, 0) is 6.54 Å². The van der Waals surface area contributed by atoms with E-state index in [0.717, 1.165) is 24.1 Å². The number of aliphatic hydroxyl groups excluding tert-OH is 1. The fraction of sp³-hybridized carbons (Fsp3) is 0.500. The van der Waals surface area contributed by atoms with E-state index in [1.165, 1.54) is 4.88 Å². The molecular weight excluding hydrogens is 258 g/mol. The Kier molecular flexibility index (Phi) is 4.74. The number of aromatic amines is 1. The van der Waals surface area contributed by atoms with Gasteiger partial charge in [-0.25, -0.2) is 0 Å². The Morgan fingerprint density at radius 2 is 2.21 bits per heavy atom. The van der Waals surface area contributed by atoms with Gasteiger partial charge < -0.3 is 10.4 Å². The van der Waals surface area contributed by atoms with Gasteiger partial charge in [-0.3, -0.25) is 5.10 Å². The van der Waals surface area contributed by atoms with Crippen LogP contribution in [0.4, 0.5) is 0 Å². The molecule has 0 radical (unpaired) electrons. The van der Waals surface area contributed by atoms with Gasteiger partial charge in [0.2, 0.25) is 0 Å². The lowest BCUT2D eigenvalue weighted by molar-refractivity contribution is 0.149. The number of thiophene rings is 1. The Balaban J connectivity index is 2.10. The predicted molar refractivity (Wildman–Crippen MR) is 79.1 cm³/mol. The van der Waals surface area contributed by atoms with Gasteiger partial charge in [0.25, 0.3) is 0 Å². The first-order valence-electron chi connectivity index (χ1n) is 6.66. The fourth-order valence-corrected chi connectivity index (χ4v) is 2.90. The summed E-state index contributed by atoms with van der Waals surface area (Å²) < 4.78 is 0. The van der Waals surface area contributed by atoms with Crippen molar-refractivity contribution in [3.8, 4) is 10.6 Å². The van der Waals surface area contributed by atoms with Gasteiger partial charge in [0.05, 0.1) is 23.4 Å². The van der Waals surface area contributed by atoms with E-state index in [4.69, 9.17) is 0 Å². The van der Waals surface area contributed by atoms with E-state index in [9.17, 15) is 5.11 Å². The van der Waals surface area contributed by atoms with Gasteiger partial charge in [-0.1, -0.05) is 19.9 Å². The summed E-state index contributed by atoms with van der Waals surface area (Å²) >= 11 is 1.70. The highest BCUT2D eigenvalue weighted by molar-refractivity contribution is 7.13. The van der Waals surface area contributed by atoms with Gasteiger partial charge in [0, 0.05) is 17.6 Å². The number of aliphatic hydroxyl groups is 1. The first-order valence-corrected chi connectivity index (χ1v) is 7.54. The maximum absolute atomic E-state index is 9.57. The molecule has 104 valence electrons. The highest BCUT2D eigenvalue weighted by atomic mass is 32.1. The standard InChI is InChI=1S/C14H21N3OS/c1-3-14(4-2,10-18)15-8-11-9-16-17-13(11)12-6-5-7-19-12/h5-7,9,15,18H,3-4,8,10H2,1-2H3,(H,16,17). The Bertz CT molecular complexity index is 480. The molecule has 0 saturated carbocycles. The van der Waals surface area contributed by atoms with Crippen molar-refractivity contribution in [1.82, 2.24) is 15.5 Å². The van der Waals surface area contributed by atoms with E-state index < -0.39 is 0 Å².